The summed E-state index contributed by atoms with van der Waals surface area (Å²) >= 11 is 1.77. The minimum atomic E-state index is 0. The van der Waals surface area contributed by atoms with Gasteiger partial charge in [-0.1, -0.05) is 0 Å². The van der Waals surface area contributed by atoms with Crippen molar-refractivity contribution in [1.82, 2.24) is 10.2 Å². The smallest absolute Gasteiger partial charge is 0.224 e. The molecular formula is C13H21ClN2OS. The molecule has 1 aromatic rings. The third-order valence-corrected chi connectivity index (χ3v) is 4.18. The zero-order chi connectivity index (χ0) is 12.3. The maximum atomic E-state index is 12.0. The quantitative estimate of drug-likeness (QED) is 0.924. The van der Waals surface area contributed by atoms with Gasteiger partial charge >= 0.3 is 0 Å². The minimum absolute atomic E-state index is 0. The highest BCUT2D eigenvalue weighted by atomic mass is 35.5. The highest BCUT2D eigenvalue weighted by Gasteiger charge is 2.20. The van der Waals surface area contributed by atoms with Crippen molar-refractivity contribution in [2.75, 3.05) is 13.6 Å². The lowest BCUT2D eigenvalue weighted by Gasteiger charge is -2.18. The van der Waals surface area contributed by atoms with Crippen LogP contribution in [0.1, 0.15) is 29.0 Å². The maximum absolute atomic E-state index is 12.0. The molecule has 5 heteroatoms. The molecule has 2 heterocycles. The maximum Gasteiger partial charge on any atom is 0.224 e. The molecule has 1 aromatic heterocycles. The first-order valence-electron chi connectivity index (χ1n) is 6.18. The Labute approximate surface area is 119 Å². The lowest BCUT2D eigenvalue weighted by atomic mass is 10.1. The summed E-state index contributed by atoms with van der Waals surface area (Å²) in [7, 11) is 1.90. The Morgan fingerprint density at radius 2 is 2.33 bits per heavy atom. The van der Waals surface area contributed by atoms with Crippen LogP contribution in [0.25, 0.3) is 0 Å². The number of halogens is 1. The molecule has 1 unspecified atom stereocenters. The second kappa shape index (κ2) is 7.12. The van der Waals surface area contributed by atoms with E-state index >= 15 is 0 Å². The molecule has 0 aromatic carbocycles. The Bertz CT molecular complexity index is 388. The number of nitrogens with one attached hydrogen (secondary N) is 1. The Morgan fingerprint density at radius 3 is 2.89 bits per heavy atom. The number of rotatable bonds is 4. The van der Waals surface area contributed by atoms with Gasteiger partial charge in [0.25, 0.3) is 0 Å². The fourth-order valence-electron chi connectivity index (χ4n) is 2.19. The topological polar surface area (TPSA) is 32.3 Å². The molecule has 1 aliphatic heterocycles. The van der Waals surface area contributed by atoms with Gasteiger partial charge in [0.1, 0.15) is 0 Å². The van der Waals surface area contributed by atoms with Crippen molar-refractivity contribution >= 4 is 29.7 Å². The average molecular weight is 289 g/mol. The lowest BCUT2D eigenvalue weighted by molar-refractivity contribution is -0.130. The van der Waals surface area contributed by atoms with Crippen LogP contribution in [-0.2, 0) is 11.3 Å². The van der Waals surface area contributed by atoms with Crippen molar-refractivity contribution in [1.29, 1.82) is 0 Å². The normalized spacial score (nSPS) is 18.4. The molecule has 1 aliphatic rings. The third kappa shape index (κ3) is 4.26. The highest BCUT2D eigenvalue weighted by molar-refractivity contribution is 7.11. The van der Waals surface area contributed by atoms with Crippen molar-refractivity contribution in [3.63, 3.8) is 0 Å². The number of carbonyl (C=O) groups excluding carboxylic acids is 1. The van der Waals surface area contributed by atoms with Crippen LogP contribution in [0.4, 0.5) is 0 Å². The number of nitrogens with zero attached hydrogens (tertiary/aromatic N) is 1. The zero-order valence-corrected chi connectivity index (χ0v) is 12.6. The molecule has 18 heavy (non-hydrogen) atoms. The van der Waals surface area contributed by atoms with Crippen molar-refractivity contribution < 1.29 is 4.79 Å². The largest absolute Gasteiger partial charge is 0.341 e. The lowest BCUT2D eigenvalue weighted by Crippen LogP contribution is -2.32. The summed E-state index contributed by atoms with van der Waals surface area (Å²) in [5.41, 5.74) is 0. The minimum Gasteiger partial charge on any atom is -0.341 e. The molecule has 0 saturated carbocycles. The van der Waals surface area contributed by atoms with E-state index in [9.17, 15) is 4.79 Å². The summed E-state index contributed by atoms with van der Waals surface area (Å²) in [6.45, 7) is 3.90. The van der Waals surface area contributed by atoms with Gasteiger partial charge in [-0.2, -0.15) is 0 Å². The Balaban J connectivity index is 0.00000162. The van der Waals surface area contributed by atoms with Gasteiger partial charge in [0.15, 0.2) is 0 Å². The van der Waals surface area contributed by atoms with Crippen molar-refractivity contribution in [2.45, 2.75) is 38.8 Å². The first-order chi connectivity index (χ1) is 8.15. The number of hydrogen-bond donors (Lipinski definition) is 1. The molecule has 102 valence electrons. The molecule has 0 spiro atoms. The molecule has 1 saturated heterocycles. The Morgan fingerprint density at radius 1 is 1.56 bits per heavy atom. The predicted molar refractivity (Wildman–Crippen MR) is 78.4 cm³/mol. The van der Waals surface area contributed by atoms with E-state index in [1.165, 1.54) is 16.2 Å². The number of amides is 1. The Hall–Kier alpha value is -0.580. The van der Waals surface area contributed by atoms with Gasteiger partial charge in [-0.15, -0.1) is 23.7 Å². The molecule has 0 bridgehead atoms. The standard InChI is InChI=1S/C13H20N2OS.ClH/c1-10-5-6-12(17-10)9-15(2)13(16)8-11-4-3-7-14-11;/h5-6,11,14H,3-4,7-9H2,1-2H3;1H. The molecule has 0 radical (unpaired) electrons. The molecule has 1 N–H and O–H groups in total. The van der Waals surface area contributed by atoms with E-state index < -0.39 is 0 Å². The van der Waals surface area contributed by atoms with Crippen LogP contribution in [0.2, 0.25) is 0 Å². The van der Waals surface area contributed by atoms with Crippen LogP contribution in [-0.4, -0.2) is 30.4 Å². The van der Waals surface area contributed by atoms with Gasteiger partial charge in [0, 0.05) is 29.3 Å². The predicted octanol–water partition coefficient (Wildman–Crippen LogP) is 2.58. The number of hydrogen-bond acceptors (Lipinski definition) is 3. The fraction of sp³-hybridized carbons (Fsp3) is 0.615. The third-order valence-electron chi connectivity index (χ3n) is 3.20. The zero-order valence-electron chi connectivity index (χ0n) is 10.9. The molecule has 1 fully saturated rings. The van der Waals surface area contributed by atoms with Crippen LogP contribution in [0.5, 0.6) is 0 Å². The summed E-state index contributed by atoms with van der Waals surface area (Å²) in [6.07, 6.45) is 2.98. The highest BCUT2D eigenvalue weighted by Crippen LogP contribution is 2.17. The van der Waals surface area contributed by atoms with Gasteiger partial charge in [0.2, 0.25) is 5.91 Å². The monoisotopic (exact) mass is 288 g/mol. The second-order valence-electron chi connectivity index (χ2n) is 4.76. The van der Waals surface area contributed by atoms with Gasteiger partial charge in [0.05, 0.1) is 6.54 Å². The van der Waals surface area contributed by atoms with E-state index in [0.29, 0.717) is 12.5 Å². The summed E-state index contributed by atoms with van der Waals surface area (Å²) in [6, 6.07) is 4.61. The van der Waals surface area contributed by atoms with Crippen molar-refractivity contribution in [3.8, 4) is 0 Å². The van der Waals surface area contributed by atoms with E-state index in [1.807, 2.05) is 11.9 Å². The molecule has 1 atom stereocenters. The molecular weight excluding hydrogens is 268 g/mol. The van der Waals surface area contributed by atoms with Gasteiger partial charge in [-0.05, 0) is 38.4 Å². The number of thiophene rings is 1. The van der Waals surface area contributed by atoms with E-state index in [-0.39, 0.29) is 18.3 Å². The average Bonchev–Trinajstić information content (AvgIpc) is 2.90. The van der Waals surface area contributed by atoms with E-state index in [1.54, 1.807) is 11.3 Å². The van der Waals surface area contributed by atoms with Crippen molar-refractivity contribution in [2.24, 2.45) is 0 Å². The summed E-state index contributed by atoms with van der Waals surface area (Å²) < 4.78 is 0. The van der Waals surface area contributed by atoms with Crippen LogP contribution in [0.15, 0.2) is 12.1 Å². The van der Waals surface area contributed by atoms with Gasteiger partial charge in [-0.25, -0.2) is 0 Å². The fourth-order valence-corrected chi connectivity index (χ4v) is 3.13. The second-order valence-corrected chi connectivity index (χ2v) is 6.13. The van der Waals surface area contributed by atoms with Gasteiger partial charge < -0.3 is 10.2 Å². The molecule has 2 rings (SSSR count). The van der Waals surface area contributed by atoms with Crippen LogP contribution < -0.4 is 5.32 Å². The summed E-state index contributed by atoms with van der Waals surface area (Å²) in [5, 5.41) is 3.37. The SMILES string of the molecule is Cc1ccc(CN(C)C(=O)CC2CCCN2)s1.Cl. The van der Waals surface area contributed by atoms with E-state index in [0.717, 1.165) is 19.5 Å². The molecule has 1 amide bonds. The van der Waals surface area contributed by atoms with E-state index in [4.69, 9.17) is 0 Å². The number of aryl methyl sites for hydroxylation is 1. The van der Waals surface area contributed by atoms with E-state index in [2.05, 4.69) is 24.4 Å². The molecule has 0 aliphatic carbocycles. The first kappa shape index (κ1) is 15.5. The van der Waals surface area contributed by atoms with Gasteiger partial charge in [-0.3, -0.25) is 4.79 Å². The summed E-state index contributed by atoms with van der Waals surface area (Å²) in [4.78, 5) is 16.4. The number of carbonyl (C=O) groups is 1. The summed E-state index contributed by atoms with van der Waals surface area (Å²) in [5.74, 6) is 0.246. The Kier molecular flexibility index (Phi) is 6.12. The first-order valence-corrected chi connectivity index (χ1v) is 6.99. The van der Waals surface area contributed by atoms with Crippen LogP contribution in [0, 0.1) is 6.92 Å². The van der Waals surface area contributed by atoms with Crippen LogP contribution >= 0.6 is 23.7 Å². The van der Waals surface area contributed by atoms with Crippen LogP contribution in [0.3, 0.4) is 0 Å². The molecule has 3 nitrogen and oxygen atoms in total. The van der Waals surface area contributed by atoms with Crippen molar-refractivity contribution in [3.05, 3.63) is 21.9 Å².